The zero-order valence-corrected chi connectivity index (χ0v) is 20.6. The number of ether oxygens (including phenoxy) is 3. The van der Waals surface area contributed by atoms with Crippen LogP contribution in [0.1, 0.15) is 4.88 Å². The fraction of sp³-hybridized carbons (Fsp3) is 0.370. The molecular formula is C27H31N3O4S. The SMILES string of the molecule is O=C(CN1CCN(CCOc2ccccc2)CC1)N(Cc1cccs1)c1ccc2c(c1)OCCO2. The Morgan fingerprint density at radius 2 is 1.69 bits per heavy atom. The van der Waals surface area contributed by atoms with Gasteiger partial charge in [-0.15, -0.1) is 11.3 Å². The predicted octanol–water partition coefficient (Wildman–Crippen LogP) is 3.75. The molecule has 8 heteroatoms. The van der Waals surface area contributed by atoms with E-state index >= 15 is 0 Å². The van der Waals surface area contributed by atoms with Crippen LogP contribution in [-0.2, 0) is 11.3 Å². The molecule has 1 amide bonds. The first kappa shape index (κ1) is 23.7. The van der Waals surface area contributed by atoms with Crippen molar-refractivity contribution in [2.45, 2.75) is 6.54 Å². The van der Waals surface area contributed by atoms with Gasteiger partial charge in [-0.2, -0.15) is 0 Å². The third-order valence-corrected chi connectivity index (χ3v) is 7.14. The topological polar surface area (TPSA) is 54.5 Å². The minimum absolute atomic E-state index is 0.0935. The average Bonchev–Trinajstić information content (AvgIpc) is 3.42. The third kappa shape index (κ3) is 6.33. The Morgan fingerprint density at radius 1 is 0.914 bits per heavy atom. The highest BCUT2D eigenvalue weighted by atomic mass is 32.1. The number of carbonyl (C=O) groups excluding carboxylic acids is 1. The van der Waals surface area contributed by atoms with E-state index in [1.165, 1.54) is 0 Å². The Labute approximate surface area is 210 Å². The van der Waals surface area contributed by atoms with E-state index in [0.717, 1.165) is 54.8 Å². The van der Waals surface area contributed by atoms with Gasteiger partial charge in [0.2, 0.25) is 5.91 Å². The van der Waals surface area contributed by atoms with Crippen LogP contribution in [0.15, 0.2) is 66.0 Å². The number of rotatable bonds is 9. The lowest BCUT2D eigenvalue weighted by Gasteiger charge is -2.35. The van der Waals surface area contributed by atoms with Crippen LogP contribution in [-0.4, -0.2) is 74.8 Å². The summed E-state index contributed by atoms with van der Waals surface area (Å²) in [6.45, 7) is 7.17. The Balaban J connectivity index is 1.16. The number of amides is 1. The highest BCUT2D eigenvalue weighted by Crippen LogP contribution is 2.34. The first-order chi connectivity index (χ1) is 17.2. The van der Waals surface area contributed by atoms with Crippen molar-refractivity contribution in [2.75, 3.05) is 64.0 Å². The van der Waals surface area contributed by atoms with Crippen molar-refractivity contribution in [1.82, 2.24) is 9.80 Å². The fourth-order valence-electron chi connectivity index (χ4n) is 4.34. The van der Waals surface area contributed by atoms with Crippen LogP contribution in [0.25, 0.3) is 0 Å². The molecule has 3 heterocycles. The van der Waals surface area contributed by atoms with Gasteiger partial charge < -0.3 is 19.1 Å². The molecule has 1 saturated heterocycles. The predicted molar refractivity (Wildman–Crippen MR) is 138 cm³/mol. The molecule has 0 N–H and O–H groups in total. The molecule has 0 atom stereocenters. The largest absolute Gasteiger partial charge is 0.492 e. The normalized spacial score (nSPS) is 16.1. The standard InChI is InChI=1S/C27H31N3O4S/c31-27(21-29-12-10-28(11-13-29)14-15-32-23-5-2-1-3-6-23)30(20-24-7-4-18-35-24)22-8-9-25-26(19-22)34-17-16-33-25/h1-9,18-19H,10-17,20-21H2. The number of carbonyl (C=O) groups is 1. The summed E-state index contributed by atoms with van der Waals surface area (Å²) >= 11 is 1.66. The van der Waals surface area contributed by atoms with Crippen molar-refractivity contribution in [2.24, 2.45) is 0 Å². The summed E-state index contributed by atoms with van der Waals surface area (Å²) in [5.41, 5.74) is 0.837. The maximum absolute atomic E-state index is 13.5. The zero-order valence-electron chi connectivity index (χ0n) is 19.8. The fourth-order valence-corrected chi connectivity index (χ4v) is 5.03. The number of anilines is 1. The Bertz CT molecular complexity index is 1090. The maximum atomic E-state index is 13.5. The number of piperazine rings is 1. The summed E-state index contributed by atoms with van der Waals surface area (Å²) in [6, 6.07) is 19.8. The van der Waals surface area contributed by atoms with E-state index in [2.05, 4.69) is 15.9 Å². The molecule has 0 saturated carbocycles. The summed E-state index contributed by atoms with van der Waals surface area (Å²) in [4.78, 5) is 21.2. The summed E-state index contributed by atoms with van der Waals surface area (Å²) in [7, 11) is 0. The van der Waals surface area contributed by atoms with Gasteiger partial charge >= 0.3 is 0 Å². The van der Waals surface area contributed by atoms with E-state index in [9.17, 15) is 4.79 Å². The molecule has 1 fully saturated rings. The number of benzene rings is 2. The lowest BCUT2D eigenvalue weighted by Crippen LogP contribution is -2.50. The van der Waals surface area contributed by atoms with Crippen LogP contribution in [0.3, 0.4) is 0 Å². The summed E-state index contributed by atoms with van der Waals surface area (Å²) in [5.74, 6) is 2.43. The number of hydrogen-bond donors (Lipinski definition) is 0. The van der Waals surface area contributed by atoms with Gasteiger partial charge in [0.25, 0.3) is 0 Å². The van der Waals surface area contributed by atoms with Gasteiger partial charge in [-0.3, -0.25) is 14.6 Å². The molecule has 7 nitrogen and oxygen atoms in total. The van der Waals surface area contributed by atoms with E-state index in [0.29, 0.717) is 38.7 Å². The summed E-state index contributed by atoms with van der Waals surface area (Å²) in [5, 5.41) is 2.04. The molecule has 2 aliphatic heterocycles. The average molecular weight is 494 g/mol. The van der Waals surface area contributed by atoms with Gasteiger partial charge in [0.15, 0.2) is 11.5 Å². The van der Waals surface area contributed by atoms with Crippen LogP contribution in [0.5, 0.6) is 17.2 Å². The lowest BCUT2D eigenvalue weighted by atomic mass is 10.2. The van der Waals surface area contributed by atoms with Crippen LogP contribution in [0.4, 0.5) is 5.69 Å². The smallest absolute Gasteiger partial charge is 0.241 e. The summed E-state index contributed by atoms with van der Waals surface area (Å²) in [6.07, 6.45) is 0. The molecule has 1 aromatic heterocycles. The second-order valence-corrected chi connectivity index (χ2v) is 9.70. The van der Waals surface area contributed by atoms with E-state index in [4.69, 9.17) is 14.2 Å². The minimum atomic E-state index is 0.0935. The van der Waals surface area contributed by atoms with Crippen molar-refractivity contribution in [3.8, 4) is 17.2 Å². The highest BCUT2D eigenvalue weighted by molar-refractivity contribution is 7.09. The highest BCUT2D eigenvalue weighted by Gasteiger charge is 2.24. The molecule has 0 spiro atoms. The van der Waals surface area contributed by atoms with Crippen molar-refractivity contribution >= 4 is 22.9 Å². The molecule has 35 heavy (non-hydrogen) atoms. The van der Waals surface area contributed by atoms with Gasteiger partial charge in [-0.1, -0.05) is 24.3 Å². The molecule has 184 valence electrons. The van der Waals surface area contributed by atoms with Gasteiger partial charge in [0.05, 0.1) is 13.1 Å². The number of para-hydroxylation sites is 1. The van der Waals surface area contributed by atoms with Crippen molar-refractivity contribution in [1.29, 1.82) is 0 Å². The molecule has 0 unspecified atom stereocenters. The molecule has 5 rings (SSSR count). The molecule has 3 aromatic rings. The van der Waals surface area contributed by atoms with Crippen molar-refractivity contribution in [3.05, 3.63) is 70.9 Å². The van der Waals surface area contributed by atoms with Crippen molar-refractivity contribution in [3.63, 3.8) is 0 Å². The Hall–Kier alpha value is -3.07. The number of thiophene rings is 1. The second-order valence-electron chi connectivity index (χ2n) is 8.67. The van der Waals surface area contributed by atoms with Crippen LogP contribution >= 0.6 is 11.3 Å². The molecular weight excluding hydrogens is 462 g/mol. The maximum Gasteiger partial charge on any atom is 0.241 e. The molecule has 0 radical (unpaired) electrons. The molecule has 0 aliphatic carbocycles. The second kappa shape index (κ2) is 11.6. The van der Waals surface area contributed by atoms with E-state index in [1.54, 1.807) is 11.3 Å². The minimum Gasteiger partial charge on any atom is -0.492 e. The molecule has 0 bridgehead atoms. The van der Waals surface area contributed by atoms with Crippen LogP contribution < -0.4 is 19.1 Å². The van der Waals surface area contributed by atoms with Gasteiger partial charge in [0.1, 0.15) is 25.6 Å². The summed E-state index contributed by atoms with van der Waals surface area (Å²) < 4.78 is 17.3. The molecule has 2 aliphatic rings. The van der Waals surface area contributed by atoms with Gasteiger partial charge in [-0.25, -0.2) is 0 Å². The zero-order chi connectivity index (χ0) is 23.9. The quantitative estimate of drug-likeness (QED) is 0.453. The molecule has 2 aromatic carbocycles. The lowest BCUT2D eigenvalue weighted by molar-refractivity contribution is -0.120. The van der Waals surface area contributed by atoms with Crippen LogP contribution in [0.2, 0.25) is 0 Å². The van der Waals surface area contributed by atoms with E-state index in [1.807, 2.05) is 64.9 Å². The van der Waals surface area contributed by atoms with Gasteiger partial charge in [0, 0.05) is 49.4 Å². The van der Waals surface area contributed by atoms with E-state index < -0.39 is 0 Å². The third-order valence-electron chi connectivity index (χ3n) is 6.28. The first-order valence-electron chi connectivity index (χ1n) is 12.1. The number of hydrogen-bond acceptors (Lipinski definition) is 7. The van der Waals surface area contributed by atoms with Crippen molar-refractivity contribution < 1.29 is 19.0 Å². The van der Waals surface area contributed by atoms with Crippen LogP contribution in [0, 0.1) is 0 Å². The Kier molecular flexibility index (Phi) is 7.82. The number of fused-ring (bicyclic) bond motifs is 1. The Morgan fingerprint density at radius 3 is 2.46 bits per heavy atom. The number of nitrogens with zero attached hydrogens (tertiary/aromatic N) is 3. The van der Waals surface area contributed by atoms with Gasteiger partial charge in [-0.05, 0) is 35.7 Å². The first-order valence-corrected chi connectivity index (χ1v) is 13.0. The van der Waals surface area contributed by atoms with E-state index in [-0.39, 0.29) is 5.91 Å². The monoisotopic (exact) mass is 493 g/mol.